The van der Waals surface area contributed by atoms with Gasteiger partial charge in [-0.25, -0.2) is 4.39 Å². The number of nitrogens with two attached hydrogens (primary N) is 1. The summed E-state index contributed by atoms with van der Waals surface area (Å²) >= 11 is 3.26. The number of rotatable bonds is 5. The number of hydrazine groups is 1. The highest BCUT2D eigenvalue weighted by atomic mass is 79.9. The van der Waals surface area contributed by atoms with Crippen LogP contribution < -0.4 is 16.0 Å². The van der Waals surface area contributed by atoms with Crippen LogP contribution >= 0.6 is 15.9 Å². The largest absolute Gasteiger partial charge is 0.496 e. The predicted octanol–water partition coefficient (Wildman–Crippen LogP) is 3.65. The molecule has 0 radical (unpaired) electrons. The van der Waals surface area contributed by atoms with E-state index in [4.69, 9.17) is 10.6 Å². The number of hydrogen-bond acceptors (Lipinski definition) is 3. The molecule has 0 aromatic heterocycles. The third kappa shape index (κ3) is 3.81. The van der Waals surface area contributed by atoms with Crippen molar-refractivity contribution >= 4 is 15.9 Å². The highest BCUT2D eigenvalue weighted by Crippen LogP contribution is 2.26. The van der Waals surface area contributed by atoms with Gasteiger partial charge in [0, 0.05) is 4.47 Å². The molecule has 3 nitrogen and oxygen atoms in total. The van der Waals surface area contributed by atoms with Gasteiger partial charge in [-0.05, 0) is 48.2 Å². The van der Waals surface area contributed by atoms with Gasteiger partial charge in [-0.3, -0.25) is 11.3 Å². The molecule has 2 aromatic carbocycles. The van der Waals surface area contributed by atoms with Crippen molar-refractivity contribution in [3.63, 3.8) is 0 Å². The van der Waals surface area contributed by atoms with E-state index in [0.29, 0.717) is 12.0 Å². The van der Waals surface area contributed by atoms with E-state index in [9.17, 15) is 4.39 Å². The Morgan fingerprint density at radius 3 is 2.62 bits per heavy atom. The van der Waals surface area contributed by atoms with E-state index in [1.165, 1.54) is 6.07 Å². The minimum Gasteiger partial charge on any atom is -0.496 e. The van der Waals surface area contributed by atoms with Gasteiger partial charge in [0.2, 0.25) is 0 Å². The van der Waals surface area contributed by atoms with Crippen LogP contribution in [-0.4, -0.2) is 7.11 Å². The van der Waals surface area contributed by atoms with Gasteiger partial charge in [0.25, 0.3) is 0 Å². The SMILES string of the molecule is COc1ccc(C(Cc2ccc(Br)cc2F)NN)cc1C. The first-order valence-corrected chi connectivity index (χ1v) is 7.39. The van der Waals surface area contributed by atoms with Gasteiger partial charge >= 0.3 is 0 Å². The quantitative estimate of drug-likeness (QED) is 0.637. The lowest BCUT2D eigenvalue weighted by Crippen LogP contribution is -2.29. The van der Waals surface area contributed by atoms with Crippen molar-refractivity contribution in [1.82, 2.24) is 5.43 Å². The molecule has 0 saturated carbocycles. The van der Waals surface area contributed by atoms with Crippen molar-refractivity contribution < 1.29 is 9.13 Å². The Morgan fingerprint density at radius 2 is 2.05 bits per heavy atom. The lowest BCUT2D eigenvalue weighted by atomic mass is 9.97. The molecule has 3 N–H and O–H groups in total. The molecular weight excluding hydrogens is 335 g/mol. The summed E-state index contributed by atoms with van der Waals surface area (Å²) in [6.45, 7) is 1.97. The van der Waals surface area contributed by atoms with Gasteiger partial charge in [-0.2, -0.15) is 0 Å². The number of halogens is 2. The van der Waals surface area contributed by atoms with Crippen molar-refractivity contribution in [2.75, 3.05) is 7.11 Å². The summed E-state index contributed by atoms with van der Waals surface area (Å²) in [5.41, 5.74) is 5.39. The molecule has 2 aromatic rings. The second-order valence-electron chi connectivity index (χ2n) is 4.89. The molecule has 1 unspecified atom stereocenters. The maximum atomic E-state index is 13.9. The number of ether oxygens (including phenoxy) is 1. The Morgan fingerprint density at radius 1 is 1.29 bits per heavy atom. The number of methoxy groups -OCH3 is 1. The van der Waals surface area contributed by atoms with Crippen molar-refractivity contribution in [3.05, 3.63) is 63.4 Å². The predicted molar refractivity (Wildman–Crippen MR) is 85.6 cm³/mol. The van der Waals surface area contributed by atoms with E-state index in [-0.39, 0.29) is 11.9 Å². The highest BCUT2D eigenvalue weighted by Gasteiger charge is 2.14. The van der Waals surface area contributed by atoms with Crippen LogP contribution in [0.2, 0.25) is 0 Å². The third-order valence-electron chi connectivity index (χ3n) is 3.46. The van der Waals surface area contributed by atoms with Crippen LogP contribution in [0.4, 0.5) is 4.39 Å². The van der Waals surface area contributed by atoms with Crippen LogP contribution in [0.1, 0.15) is 22.7 Å². The molecule has 112 valence electrons. The molecule has 21 heavy (non-hydrogen) atoms. The van der Waals surface area contributed by atoms with Gasteiger partial charge in [0.05, 0.1) is 13.2 Å². The Balaban J connectivity index is 2.25. The molecule has 0 aliphatic heterocycles. The molecule has 0 aliphatic rings. The molecule has 0 fully saturated rings. The van der Waals surface area contributed by atoms with E-state index in [1.54, 1.807) is 13.2 Å². The average Bonchev–Trinajstić information content (AvgIpc) is 2.46. The highest BCUT2D eigenvalue weighted by molar-refractivity contribution is 9.10. The Hall–Kier alpha value is -1.43. The number of nitrogens with one attached hydrogen (secondary N) is 1. The van der Waals surface area contributed by atoms with E-state index >= 15 is 0 Å². The minimum atomic E-state index is -0.241. The fraction of sp³-hybridized carbons (Fsp3) is 0.250. The maximum Gasteiger partial charge on any atom is 0.127 e. The molecule has 0 saturated heterocycles. The van der Waals surface area contributed by atoms with Crippen molar-refractivity contribution in [2.24, 2.45) is 5.84 Å². The van der Waals surface area contributed by atoms with Crippen LogP contribution in [0.25, 0.3) is 0 Å². The fourth-order valence-electron chi connectivity index (χ4n) is 2.30. The van der Waals surface area contributed by atoms with Gasteiger partial charge < -0.3 is 4.74 Å². The van der Waals surface area contributed by atoms with Crippen LogP contribution in [0.15, 0.2) is 40.9 Å². The summed E-state index contributed by atoms with van der Waals surface area (Å²) in [6.07, 6.45) is 0.474. The van der Waals surface area contributed by atoms with Gasteiger partial charge in [-0.1, -0.05) is 34.1 Å². The lowest BCUT2D eigenvalue weighted by Gasteiger charge is -2.18. The molecular formula is C16H18BrFN2O. The van der Waals surface area contributed by atoms with E-state index in [0.717, 1.165) is 21.3 Å². The molecule has 2 rings (SSSR count). The lowest BCUT2D eigenvalue weighted by molar-refractivity contribution is 0.411. The van der Waals surface area contributed by atoms with Crippen LogP contribution in [0, 0.1) is 12.7 Å². The Kier molecular flexibility index (Phi) is 5.33. The second kappa shape index (κ2) is 7.02. The third-order valence-corrected chi connectivity index (χ3v) is 3.95. The first kappa shape index (κ1) is 15.9. The van der Waals surface area contributed by atoms with E-state index < -0.39 is 0 Å². The van der Waals surface area contributed by atoms with Gasteiger partial charge in [-0.15, -0.1) is 0 Å². The molecule has 0 aliphatic carbocycles. The summed E-state index contributed by atoms with van der Waals surface area (Å²) in [5.74, 6) is 6.22. The van der Waals surface area contributed by atoms with Crippen molar-refractivity contribution in [2.45, 2.75) is 19.4 Å². The number of aryl methyl sites for hydroxylation is 1. The second-order valence-corrected chi connectivity index (χ2v) is 5.80. The molecule has 1 atom stereocenters. The summed E-state index contributed by atoms with van der Waals surface area (Å²) in [7, 11) is 1.64. The maximum absolute atomic E-state index is 13.9. The minimum absolute atomic E-state index is 0.162. The fourth-order valence-corrected chi connectivity index (χ4v) is 2.63. The topological polar surface area (TPSA) is 47.3 Å². The smallest absolute Gasteiger partial charge is 0.127 e. The molecule has 0 heterocycles. The van der Waals surface area contributed by atoms with Crippen molar-refractivity contribution in [1.29, 1.82) is 0 Å². The molecule has 0 bridgehead atoms. The zero-order valence-electron chi connectivity index (χ0n) is 12.0. The zero-order chi connectivity index (χ0) is 15.4. The van der Waals surface area contributed by atoms with Crippen LogP contribution in [0.3, 0.4) is 0 Å². The van der Waals surface area contributed by atoms with Crippen LogP contribution in [-0.2, 0) is 6.42 Å². The first-order valence-electron chi connectivity index (χ1n) is 6.59. The summed E-state index contributed by atoms with van der Waals surface area (Å²) < 4.78 is 19.9. The van der Waals surface area contributed by atoms with Gasteiger partial charge in [0.15, 0.2) is 0 Å². The molecule has 0 amide bonds. The average molecular weight is 353 g/mol. The van der Waals surface area contributed by atoms with E-state index in [2.05, 4.69) is 21.4 Å². The van der Waals surface area contributed by atoms with Crippen LogP contribution in [0.5, 0.6) is 5.75 Å². The molecule has 0 spiro atoms. The number of benzene rings is 2. The summed E-state index contributed by atoms with van der Waals surface area (Å²) in [6, 6.07) is 10.7. The molecule has 5 heteroatoms. The van der Waals surface area contributed by atoms with Crippen molar-refractivity contribution in [3.8, 4) is 5.75 Å². The summed E-state index contributed by atoms with van der Waals surface area (Å²) in [5, 5.41) is 0. The van der Waals surface area contributed by atoms with Gasteiger partial charge in [0.1, 0.15) is 11.6 Å². The summed E-state index contributed by atoms with van der Waals surface area (Å²) in [4.78, 5) is 0. The standard InChI is InChI=1S/C16H18BrFN2O/c1-10-7-12(4-6-16(10)21-2)15(20-19)8-11-3-5-13(17)9-14(11)18/h3-7,9,15,20H,8,19H2,1-2H3. The van der Waals surface area contributed by atoms with E-state index in [1.807, 2.05) is 31.2 Å². The first-order chi connectivity index (χ1) is 10.0. The monoisotopic (exact) mass is 352 g/mol. The Labute approximate surface area is 132 Å². The zero-order valence-corrected chi connectivity index (χ0v) is 13.6. The normalized spacial score (nSPS) is 12.2. The Bertz CT molecular complexity index is 634. The number of hydrogen-bond donors (Lipinski definition) is 2.